The smallest absolute Gasteiger partial charge is 0.255 e. The highest BCUT2D eigenvalue weighted by Gasteiger charge is 2.40. The Bertz CT molecular complexity index is 1790. The summed E-state index contributed by atoms with van der Waals surface area (Å²) in [7, 11) is 0. The predicted octanol–water partition coefficient (Wildman–Crippen LogP) is 5.14. The van der Waals surface area contributed by atoms with Gasteiger partial charge < -0.3 is 25.2 Å². The van der Waals surface area contributed by atoms with Gasteiger partial charge in [-0.15, -0.1) is 0 Å². The third-order valence-electron chi connectivity index (χ3n) is 8.94. The van der Waals surface area contributed by atoms with E-state index in [1.165, 1.54) is 0 Å². The molecule has 1 aromatic heterocycles. The number of likely N-dealkylation sites (tertiary alicyclic amines) is 2. The van der Waals surface area contributed by atoms with Crippen LogP contribution in [-0.4, -0.2) is 63.6 Å². The van der Waals surface area contributed by atoms with Gasteiger partial charge in [-0.25, -0.2) is 0 Å². The number of carbonyl (C=O) groups is 4. The van der Waals surface area contributed by atoms with Crippen molar-refractivity contribution in [3.05, 3.63) is 120 Å². The topological polar surface area (TPSA) is 121 Å². The van der Waals surface area contributed by atoms with E-state index in [4.69, 9.17) is 4.74 Å². The first-order valence-corrected chi connectivity index (χ1v) is 15.9. The third kappa shape index (κ3) is 7.01. The summed E-state index contributed by atoms with van der Waals surface area (Å²) in [5.41, 5.74) is 3.36. The molecule has 238 valence electrons. The molecule has 2 unspecified atom stereocenters. The number of benzene rings is 3. The summed E-state index contributed by atoms with van der Waals surface area (Å²) in [6.45, 7) is 1.43. The second-order valence-corrected chi connectivity index (χ2v) is 12.4. The lowest BCUT2D eigenvalue weighted by Gasteiger charge is -2.20. The molecule has 1 aliphatic carbocycles. The number of rotatable bonds is 10. The molecule has 0 bridgehead atoms. The Kier molecular flexibility index (Phi) is 8.39. The van der Waals surface area contributed by atoms with Crippen molar-refractivity contribution in [1.29, 1.82) is 0 Å². The fourth-order valence-electron chi connectivity index (χ4n) is 6.28. The fraction of sp³-hybridized carbons (Fsp3) is 0.270. The van der Waals surface area contributed by atoms with Crippen molar-refractivity contribution in [2.45, 2.75) is 50.2 Å². The van der Waals surface area contributed by atoms with Crippen LogP contribution < -0.4 is 15.4 Å². The number of ether oxygens (including phenoxy) is 1. The Labute approximate surface area is 272 Å². The molecule has 10 heteroatoms. The summed E-state index contributed by atoms with van der Waals surface area (Å²) in [6, 6.07) is 25.5. The van der Waals surface area contributed by atoms with Crippen LogP contribution in [0.3, 0.4) is 0 Å². The van der Waals surface area contributed by atoms with Gasteiger partial charge in [0.25, 0.3) is 11.8 Å². The summed E-state index contributed by atoms with van der Waals surface area (Å²) in [4.78, 5) is 59.3. The van der Waals surface area contributed by atoms with Gasteiger partial charge >= 0.3 is 0 Å². The van der Waals surface area contributed by atoms with Gasteiger partial charge in [-0.3, -0.25) is 24.2 Å². The molecule has 3 fully saturated rings. The van der Waals surface area contributed by atoms with Crippen molar-refractivity contribution in [3.8, 4) is 11.5 Å². The van der Waals surface area contributed by atoms with Crippen molar-refractivity contribution >= 4 is 29.3 Å². The van der Waals surface area contributed by atoms with Gasteiger partial charge in [0, 0.05) is 79.2 Å². The Balaban J connectivity index is 1.09. The van der Waals surface area contributed by atoms with Crippen molar-refractivity contribution < 1.29 is 23.9 Å². The van der Waals surface area contributed by atoms with Crippen LogP contribution in [0.5, 0.6) is 11.5 Å². The number of amides is 4. The largest absolute Gasteiger partial charge is 0.457 e. The zero-order valence-electron chi connectivity index (χ0n) is 25.8. The molecule has 4 amide bonds. The van der Waals surface area contributed by atoms with E-state index < -0.39 is 0 Å². The maximum atomic E-state index is 13.4. The van der Waals surface area contributed by atoms with E-state index in [0.717, 1.165) is 24.0 Å². The lowest BCUT2D eigenvalue weighted by atomic mass is 9.98. The predicted molar refractivity (Wildman–Crippen MR) is 175 cm³/mol. The van der Waals surface area contributed by atoms with E-state index in [1.54, 1.807) is 60.9 Å². The quantitative estimate of drug-likeness (QED) is 0.251. The minimum atomic E-state index is -0.290. The van der Waals surface area contributed by atoms with Crippen LogP contribution in [0.1, 0.15) is 63.4 Å². The van der Waals surface area contributed by atoms with Gasteiger partial charge in [-0.05, 0) is 66.9 Å². The highest BCUT2D eigenvalue weighted by Crippen LogP contribution is 2.34. The average molecular weight is 630 g/mol. The van der Waals surface area contributed by atoms with E-state index >= 15 is 0 Å². The number of carbonyl (C=O) groups excluding carboxylic acids is 4. The molecule has 47 heavy (non-hydrogen) atoms. The minimum Gasteiger partial charge on any atom is -0.457 e. The molecule has 4 aromatic rings. The van der Waals surface area contributed by atoms with Gasteiger partial charge in [-0.1, -0.05) is 36.4 Å². The van der Waals surface area contributed by atoms with E-state index in [-0.39, 0.29) is 35.6 Å². The summed E-state index contributed by atoms with van der Waals surface area (Å²) < 4.78 is 6.33. The Morgan fingerprint density at radius 1 is 0.809 bits per heavy atom. The second kappa shape index (κ2) is 13.1. The van der Waals surface area contributed by atoms with Crippen molar-refractivity contribution in [1.82, 2.24) is 20.1 Å². The third-order valence-corrected chi connectivity index (χ3v) is 8.94. The van der Waals surface area contributed by atoms with Crippen LogP contribution >= 0.6 is 0 Å². The molecule has 3 aromatic carbocycles. The average Bonchev–Trinajstić information content (AvgIpc) is 3.77. The Hall–Kier alpha value is -5.51. The lowest BCUT2D eigenvalue weighted by Crippen LogP contribution is -2.37. The maximum Gasteiger partial charge on any atom is 0.255 e. The second-order valence-electron chi connectivity index (χ2n) is 12.4. The molecule has 2 atom stereocenters. The normalized spacial score (nSPS) is 19.1. The van der Waals surface area contributed by atoms with Crippen LogP contribution in [0.25, 0.3) is 0 Å². The summed E-state index contributed by atoms with van der Waals surface area (Å²) >= 11 is 0. The molecule has 3 heterocycles. The van der Waals surface area contributed by atoms with Gasteiger partial charge in [0.1, 0.15) is 11.5 Å². The highest BCUT2D eigenvalue weighted by molar-refractivity contribution is 6.04. The number of nitrogens with one attached hydrogen (secondary N) is 2. The van der Waals surface area contributed by atoms with Gasteiger partial charge in [0.05, 0.1) is 6.04 Å². The SMILES string of the molecule is O=C(Nc1ccncc1)c1ccc(Oc2cc(C(=O)NC3CC(=O)N(C4CC4)C3)ccc2CN2CC(c3ccccc3)CC2=O)cc1. The molecule has 2 saturated heterocycles. The van der Waals surface area contributed by atoms with Crippen molar-refractivity contribution in [2.24, 2.45) is 0 Å². The monoisotopic (exact) mass is 629 g/mol. The van der Waals surface area contributed by atoms with Crippen LogP contribution in [0.4, 0.5) is 5.69 Å². The highest BCUT2D eigenvalue weighted by atomic mass is 16.5. The molecule has 2 N–H and O–H groups in total. The molecular weight excluding hydrogens is 594 g/mol. The number of aromatic nitrogens is 1. The Morgan fingerprint density at radius 3 is 2.30 bits per heavy atom. The summed E-state index contributed by atoms with van der Waals surface area (Å²) in [5.74, 6) is 0.592. The summed E-state index contributed by atoms with van der Waals surface area (Å²) in [6.07, 6.45) is 5.98. The summed E-state index contributed by atoms with van der Waals surface area (Å²) in [5, 5.41) is 5.86. The van der Waals surface area contributed by atoms with Gasteiger partial charge in [0.2, 0.25) is 11.8 Å². The van der Waals surface area contributed by atoms with Gasteiger partial charge in [-0.2, -0.15) is 0 Å². The maximum absolute atomic E-state index is 13.4. The first-order chi connectivity index (χ1) is 22.9. The van der Waals surface area contributed by atoms with Crippen LogP contribution in [0, 0.1) is 0 Å². The van der Waals surface area contributed by atoms with Crippen molar-refractivity contribution in [2.75, 3.05) is 18.4 Å². The molecule has 3 aliphatic rings. The molecule has 1 saturated carbocycles. The molecule has 0 spiro atoms. The zero-order chi connectivity index (χ0) is 32.3. The van der Waals surface area contributed by atoms with Crippen molar-refractivity contribution in [3.63, 3.8) is 0 Å². The molecule has 2 aliphatic heterocycles. The first-order valence-electron chi connectivity index (χ1n) is 15.9. The standard InChI is InChI=1S/C37H35N5O5/c43-34-19-28(24-4-2-1-3-5-24)22-41(34)21-27-7-6-26(37(46)40-30-20-35(44)42(23-30)31-10-11-31)18-33(27)47-32-12-8-25(9-13-32)36(45)39-29-14-16-38-17-15-29/h1-9,12-18,28,30-31H,10-11,19-23H2,(H,40,46)(H,38,39,45). The number of pyridine rings is 1. The van der Waals surface area contributed by atoms with Crippen LogP contribution in [0.2, 0.25) is 0 Å². The number of hydrogen-bond donors (Lipinski definition) is 2. The Morgan fingerprint density at radius 2 is 1.55 bits per heavy atom. The van der Waals surface area contributed by atoms with E-state index in [2.05, 4.69) is 15.6 Å². The fourth-order valence-corrected chi connectivity index (χ4v) is 6.28. The van der Waals surface area contributed by atoms with E-state index in [1.807, 2.05) is 46.2 Å². The van der Waals surface area contributed by atoms with Crippen LogP contribution in [0.15, 0.2) is 97.3 Å². The van der Waals surface area contributed by atoms with E-state index in [9.17, 15) is 19.2 Å². The molecule has 7 rings (SSSR count). The molecule has 10 nitrogen and oxygen atoms in total. The minimum absolute atomic E-state index is 0.0577. The number of anilines is 1. The molecule has 0 radical (unpaired) electrons. The molecular formula is C37H35N5O5. The lowest BCUT2D eigenvalue weighted by molar-refractivity contribution is -0.129. The van der Waals surface area contributed by atoms with Gasteiger partial charge in [0.15, 0.2) is 0 Å². The van der Waals surface area contributed by atoms with E-state index in [0.29, 0.717) is 66.8 Å². The zero-order valence-corrected chi connectivity index (χ0v) is 25.8. The number of nitrogens with zero attached hydrogens (tertiary/aromatic N) is 3. The first kappa shape index (κ1) is 30.2. The van der Waals surface area contributed by atoms with Crippen LogP contribution in [-0.2, 0) is 16.1 Å². The number of hydrogen-bond acceptors (Lipinski definition) is 6.